The van der Waals surface area contributed by atoms with Crippen molar-refractivity contribution in [3.05, 3.63) is 53.6 Å². The van der Waals surface area contributed by atoms with Crippen molar-refractivity contribution < 1.29 is 19.1 Å². The van der Waals surface area contributed by atoms with Crippen molar-refractivity contribution >= 4 is 17.5 Å². The molecule has 1 spiro atoms. The highest BCUT2D eigenvalue weighted by molar-refractivity contribution is 6.08. The molecule has 6 nitrogen and oxygen atoms in total. The van der Waals surface area contributed by atoms with Gasteiger partial charge in [-0.15, -0.1) is 0 Å². The molecule has 0 bridgehead atoms. The van der Waals surface area contributed by atoms with Gasteiger partial charge in [-0.2, -0.15) is 0 Å². The van der Waals surface area contributed by atoms with Crippen molar-refractivity contribution in [2.24, 2.45) is 0 Å². The van der Waals surface area contributed by atoms with Gasteiger partial charge in [-0.05, 0) is 54.3 Å². The number of likely N-dealkylation sites (tertiary alicyclic amines) is 1. The number of carbonyl (C=O) groups is 2. The lowest BCUT2D eigenvalue weighted by molar-refractivity contribution is -0.130. The van der Waals surface area contributed by atoms with Crippen LogP contribution in [-0.2, 0) is 21.4 Å². The second kappa shape index (κ2) is 7.43. The van der Waals surface area contributed by atoms with Crippen LogP contribution >= 0.6 is 0 Å². The van der Waals surface area contributed by atoms with Crippen LogP contribution in [0.4, 0.5) is 5.69 Å². The molecular weight excluding hydrogens is 368 g/mol. The summed E-state index contributed by atoms with van der Waals surface area (Å²) in [6, 6.07) is 13.5. The first kappa shape index (κ1) is 19.3. The van der Waals surface area contributed by atoms with Crippen molar-refractivity contribution in [3.8, 4) is 11.5 Å². The maximum absolute atomic E-state index is 13.1. The van der Waals surface area contributed by atoms with Gasteiger partial charge in [-0.1, -0.05) is 12.1 Å². The Morgan fingerprint density at radius 3 is 2.45 bits per heavy atom. The summed E-state index contributed by atoms with van der Waals surface area (Å²) in [5, 5.41) is 0. The number of hydrogen-bond donors (Lipinski definition) is 0. The number of anilines is 1. The molecule has 2 amide bonds. The van der Waals surface area contributed by atoms with Crippen LogP contribution in [0.25, 0.3) is 0 Å². The number of fused-ring (bicyclic) bond motifs is 2. The summed E-state index contributed by atoms with van der Waals surface area (Å²) in [4.78, 5) is 29.5. The number of benzene rings is 2. The molecule has 2 heterocycles. The molecule has 0 radical (unpaired) electrons. The summed E-state index contributed by atoms with van der Waals surface area (Å²) in [6.07, 6.45) is 1.74. The van der Waals surface area contributed by atoms with Crippen molar-refractivity contribution in [1.29, 1.82) is 0 Å². The predicted octanol–water partition coefficient (Wildman–Crippen LogP) is 2.78. The zero-order valence-corrected chi connectivity index (χ0v) is 17.1. The molecule has 0 N–H and O–H groups in total. The minimum absolute atomic E-state index is 0.0613. The highest BCUT2D eigenvalue weighted by atomic mass is 16.5. The summed E-state index contributed by atoms with van der Waals surface area (Å²) < 4.78 is 10.5. The normalized spacial score (nSPS) is 20.3. The van der Waals surface area contributed by atoms with Crippen LogP contribution in [0, 0.1) is 0 Å². The molecule has 29 heavy (non-hydrogen) atoms. The molecule has 0 saturated carbocycles. The van der Waals surface area contributed by atoms with Crippen molar-refractivity contribution in [3.63, 3.8) is 0 Å². The lowest BCUT2D eigenvalue weighted by Gasteiger charge is -2.23. The first-order valence-corrected chi connectivity index (χ1v) is 9.86. The topological polar surface area (TPSA) is 59.1 Å². The largest absolute Gasteiger partial charge is 0.497 e. The Bertz CT molecular complexity index is 940. The fraction of sp³-hybridized carbons (Fsp3) is 0.391. The van der Waals surface area contributed by atoms with Gasteiger partial charge in [0, 0.05) is 32.2 Å². The van der Waals surface area contributed by atoms with Crippen molar-refractivity contribution in [2.45, 2.75) is 24.7 Å². The Morgan fingerprint density at radius 1 is 1.07 bits per heavy atom. The summed E-state index contributed by atoms with van der Waals surface area (Å²) in [7, 11) is 5.06. The van der Waals surface area contributed by atoms with E-state index in [1.165, 1.54) is 0 Å². The van der Waals surface area contributed by atoms with E-state index in [-0.39, 0.29) is 11.8 Å². The lowest BCUT2D eigenvalue weighted by atomic mass is 9.81. The molecule has 2 aromatic rings. The average Bonchev–Trinajstić information content (AvgIpc) is 3.30. The smallest absolute Gasteiger partial charge is 0.239 e. The van der Waals surface area contributed by atoms with Gasteiger partial charge in [-0.3, -0.25) is 9.59 Å². The molecule has 1 unspecified atom stereocenters. The van der Waals surface area contributed by atoms with Crippen LogP contribution < -0.4 is 14.4 Å². The van der Waals surface area contributed by atoms with Gasteiger partial charge in [0.25, 0.3) is 0 Å². The van der Waals surface area contributed by atoms with Crippen LogP contribution in [0.5, 0.6) is 11.5 Å². The van der Waals surface area contributed by atoms with Gasteiger partial charge in [0.2, 0.25) is 11.8 Å². The molecule has 6 heteroatoms. The summed E-state index contributed by atoms with van der Waals surface area (Å²) in [5.74, 6) is 1.69. The Hall–Kier alpha value is -3.02. The van der Waals surface area contributed by atoms with Crippen molar-refractivity contribution in [2.75, 3.05) is 39.3 Å². The molecule has 2 aliphatic heterocycles. The maximum atomic E-state index is 13.1. The zero-order valence-electron chi connectivity index (χ0n) is 17.1. The Balaban J connectivity index is 1.48. The van der Waals surface area contributed by atoms with E-state index in [2.05, 4.69) is 0 Å². The number of amides is 2. The molecule has 1 atom stereocenters. The monoisotopic (exact) mass is 394 g/mol. The van der Waals surface area contributed by atoms with Gasteiger partial charge in [0.1, 0.15) is 11.5 Å². The van der Waals surface area contributed by atoms with E-state index in [1.807, 2.05) is 47.4 Å². The Kier molecular flexibility index (Phi) is 4.94. The zero-order chi connectivity index (χ0) is 20.6. The second-order valence-corrected chi connectivity index (χ2v) is 7.74. The number of aryl methyl sites for hydroxylation is 1. The number of rotatable bonds is 5. The molecular formula is C23H26N2O4. The average molecular weight is 394 g/mol. The molecule has 152 valence electrons. The predicted molar refractivity (Wildman–Crippen MR) is 111 cm³/mol. The molecule has 0 aliphatic carbocycles. The van der Waals surface area contributed by atoms with Gasteiger partial charge in [-0.25, -0.2) is 0 Å². The number of carbonyl (C=O) groups excluding carboxylic acids is 2. The van der Waals surface area contributed by atoms with Crippen LogP contribution in [0.2, 0.25) is 0 Å². The minimum atomic E-state index is -0.658. The number of ether oxygens (including phenoxy) is 2. The van der Waals surface area contributed by atoms with E-state index in [4.69, 9.17) is 9.47 Å². The standard InChI is InChI=1S/C23H26N2O4/c1-24-20-10-9-18(29-3)14-19(20)23(22(24)27)12-13-25(15-23)21(26)11-6-16-4-7-17(28-2)8-5-16/h4-5,7-10,14H,6,11-13,15H2,1-3H3. The Morgan fingerprint density at radius 2 is 1.76 bits per heavy atom. The van der Waals surface area contributed by atoms with Crippen LogP contribution in [0.3, 0.4) is 0 Å². The third kappa shape index (κ3) is 3.22. The molecule has 2 aliphatic rings. The van der Waals surface area contributed by atoms with Crippen LogP contribution in [-0.4, -0.2) is 51.1 Å². The molecule has 0 aromatic heterocycles. The SMILES string of the molecule is COc1ccc(CCC(=O)N2CCC3(C2)C(=O)N(C)c2ccc(OC)cc23)cc1. The van der Waals surface area contributed by atoms with E-state index in [1.54, 1.807) is 26.2 Å². The number of methoxy groups -OCH3 is 2. The minimum Gasteiger partial charge on any atom is -0.497 e. The van der Waals surface area contributed by atoms with E-state index < -0.39 is 5.41 Å². The molecule has 4 rings (SSSR count). The van der Waals surface area contributed by atoms with E-state index in [0.717, 1.165) is 28.3 Å². The fourth-order valence-electron chi connectivity index (χ4n) is 4.48. The lowest BCUT2D eigenvalue weighted by Crippen LogP contribution is -2.42. The van der Waals surface area contributed by atoms with Crippen molar-refractivity contribution in [1.82, 2.24) is 4.90 Å². The van der Waals surface area contributed by atoms with Gasteiger partial charge in [0.15, 0.2) is 0 Å². The van der Waals surface area contributed by atoms with E-state index in [9.17, 15) is 9.59 Å². The van der Waals surface area contributed by atoms with Gasteiger partial charge in [0.05, 0.1) is 19.6 Å². The molecule has 1 saturated heterocycles. The third-order valence-electron chi connectivity index (χ3n) is 6.20. The quantitative estimate of drug-likeness (QED) is 0.783. The maximum Gasteiger partial charge on any atom is 0.239 e. The van der Waals surface area contributed by atoms with Gasteiger partial charge >= 0.3 is 0 Å². The van der Waals surface area contributed by atoms with Gasteiger partial charge < -0.3 is 19.3 Å². The molecule has 2 aromatic carbocycles. The third-order valence-corrected chi connectivity index (χ3v) is 6.20. The first-order chi connectivity index (χ1) is 14.0. The van der Waals surface area contributed by atoms with Crippen LogP contribution in [0.15, 0.2) is 42.5 Å². The Labute approximate surface area is 171 Å². The number of likely N-dealkylation sites (N-methyl/N-ethyl adjacent to an activating group) is 1. The molecule has 1 fully saturated rings. The number of hydrogen-bond acceptors (Lipinski definition) is 4. The summed E-state index contributed by atoms with van der Waals surface area (Å²) in [6.45, 7) is 1.02. The van der Waals surface area contributed by atoms with E-state index >= 15 is 0 Å². The summed E-state index contributed by atoms with van der Waals surface area (Å²) >= 11 is 0. The highest BCUT2D eigenvalue weighted by Gasteiger charge is 2.54. The highest BCUT2D eigenvalue weighted by Crippen LogP contribution is 2.48. The summed E-state index contributed by atoms with van der Waals surface area (Å²) in [5.41, 5.74) is 2.31. The fourth-order valence-corrected chi connectivity index (χ4v) is 4.48. The number of nitrogens with zero attached hydrogens (tertiary/aromatic N) is 2. The second-order valence-electron chi connectivity index (χ2n) is 7.74. The van der Waals surface area contributed by atoms with Crippen LogP contribution in [0.1, 0.15) is 24.0 Å². The first-order valence-electron chi connectivity index (χ1n) is 9.86. The van der Waals surface area contributed by atoms with E-state index in [0.29, 0.717) is 32.4 Å².